The Bertz CT molecular complexity index is 601. The molecule has 3 rings (SSSR count). The van der Waals surface area contributed by atoms with Crippen LogP contribution in [0.3, 0.4) is 0 Å². The monoisotopic (exact) mass is 330 g/mol. The molecule has 0 spiro atoms. The van der Waals surface area contributed by atoms with Gasteiger partial charge in [0.2, 0.25) is 0 Å². The van der Waals surface area contributed by atoms with E-state index in [4.69, 9.17) is 4.74 Å². The van der Waals surface area contributed by atoms with Gasteiger partial charge in [-0.25, -0.2) is 0 Å². The maximum Gasteiger partial charge on any atom is 0.193 e. The lowest BCUT2D eigenvalue weighted by Crippen LogP contribution is -2.56. The average molecular weight is 330 g/mol. The average Bonchev–Trinajstić information content (AvgIpc) is 2.57. The SMILES string of the molecule is CN=C(NCC1(C)COC1)N1CCN(c2cccc(C)c2C)CC1. The van der Waals surface area contributed by atoms with E-state index in [9.17, 15) is 0 Å². The first-order valence-corrected chi connectivity index (χ1v) is 8.87. The Balaban J connectivity index is 1.56. The van der Waals surface area contributed by atoms with Gasteiger partial charge in [-0.15, -0.1) is 0 Å². The van der Waals surface area contributed by atoms with Crippen LogP contribution in [0.4, 0.5) is 5.69 Å². The number of benzene rings is 1. The van der Waals surface area contributed by atoms with E-state index in [0.29, 0.717) is 0 Å². The van der Waals surface area contributed by atoms with Gasteiger partial charge in [-0.2, -0.15) is 0 Å². The van der Waals surface area contributed by atoms with E-state index in [1.807, 2.05) is 7.05 Å². The maximum absolute atomic E-state index is 5.33. The van der Waals surface area contributed by atoms with Crippen LogP contribution in [0.25, 0.3) is 0 Å². The Morgan fingerprint density at radius 3 is 2.50 bits per heavy atom. The van der Waals surface area contributed by atoms with Crippen LogP contribution in [0.2, 0.25) is 0 Å². The minimum atomic E-state index is 0.260. The molecule has 2 fully saturated rings. The molecular weight excluding hydrogens is 300 g/mol. The third kappa shape index (κ3) is 3.51. The van der Waals surface area contributed by atoms with Crippen molar-refractivity contribution < 1.29 is 4.74 Å². The third-order valence-corrected chi connectivity index (χ3v) is 5.28. The molecule has 0 amide bonds. The van der Waals surface area contributed by atoms with Crippen molar-refractivity contribution in [1.82, 2.24) is 10.2 Å². The number of nitrogens with zero attached hydrogens (tertiary/aromatic N) is 3. The molecule has 0 aliphatic carbocycles. The zero-order chi connectivity index (χ0) is 17.2. The molecule has 0 atom stereocenters. The van der Waals surface area contributed by atoms with Crippen molar-refractivity contribution >= 4 is 11.6 Å². The van der Waals surface area contributed by atoms with Crippen molar-refractivity contribution in [2.75, 3.05) is 57.9 Å². The number of hydrogen-bond donors (Lipinski definition) is 1. The zero-order valence-electron chi connectivity index (χ0n) is 15.4. The van der Waals surface area contributed by atoms with Gasteiger partial charge in [0.15, 0.2) is 5.96 Å². The molecular formula is C19H30N4O. The van der Waals surface area contributed by atoms with Gasteiger partial charge < -0.3 is 19.9 Å². The van der Waals surface area contributed by atoms with Gasteiger partial charge in [-0.05, 0) is 31.0 Å². The fourth-order valence-corrected chi connectivity index (χ4v) is 3.41. The molecule has 0 unspecified atom stereocenters. The number of hydrogen-bond acceptors (Lipinski definition) is 3. The molecule has 1 aromatic carbocycles. The van der Waals surface area contributed by atoms with Crippen molar-refractivity contribution in [2.24, 2.45) is 10.4 Å². The minimum absolute atomic E-state index is 0.260. The number of anilines is 1. The second-order valence-corrected chi connectivity index (χ2v) is 7.40. The highest BCUT2D eigenvalue weighted by Gasteiger charge is 2.34. The molecule has 2 saturated heterocycles. The van der Waals surface area contributed by atoms with Crippen molar-refractivity contribution in [3.8, 4) is 0 Å². The van der Waals surface area contributed by atoms with Gasteiger partial charge in [-0.1, -0.05) is 19.1 Å². The molecule has 2 aliphatic heterocycles. The standard InChI is InChI=1S/C19H30N4O/c1-15-6-5-7-17(16(15)2)22-8-10-23(11-9-22)18(20-4)21-12-19(3)13-24-14-19/h5-7H,8-14H2,1-4H3,(H,20,21). The van der Waals surface area contributed by atoms with E-state index in [2.05, 4.69) is 59.1 Å². The lowest BCUT2D eigenvalue weighted by Gasteiger charge is -2.41. The van der Waals surface area contributed by atoms with Crippen LogP contribution in [0.1, 0.15) is 18.1 Å². The number of rotatable bonds is 3. The molecule has 2 aliphatic rings. The van der Waals surface area contributed by atoms with Crippen LogP contribution in [-0.2, 0) is 4.74 Å². The Labute approximate surface area is 145 Å². The molecule has 0 aromatic heterocycles. The molecule has 0 radical (unpaired) electrons. The third-order valence-electron chi connectivity index (χ3n) is 5.28. The van der Waals surface area contributed by atoms with Crippen LogP contribution in [0.15, 0.2) is 23.2 Å². The fraction of sp³-hybridized carbons (Fsp3) is 0.632. The Morgan fingerprint density at radius 1 is 1.21 bits per heavy atom. The van der Waals surface area contributed by atoms with Crippen molar-refractivity contribution in [3.05, 3.63) is 29.3 Å². The molecule has 132 valence electrons. The van der Waals surface area contributed by atoms with Crippen LogP contribution < -0.4 is 10.2 Å². The fourth-order valence-electron chi connectivity index (χ4n) is 3.41. The largest absolute Gasteiger partial charge is 0.380 e. The van der Waals surface area contributed by atoms with E-state index in [0.717, 1.165) is 51.9 Å². The number of nitrogens with one attached hydrogen (secondary N) is 1. The van der Waals surface area contributed by atoms with Crippen molar-refractivity contribution in [1.29, 1.82) is 0 Å². The van der Waals surface area contributed by atoms with E-state index >= 15 is 0 Å². The van der Waals surface area contributed by atoms with E-state index in [-0.39, 0.29) is 5.41 Å². The first-order valence-electron chi connectivity index (χ1n) is 8.87. The summed E-state index contributed by atoms with van der Waals surface area (Å²) in [7, 11) is 1.87. The summed E-state index contributed by atoms with van der Waals surface area (Å²) in [5.74, 6) is 1.02. The summed E-state index contributed by atoms with van der Waals surface area (Å²) in [6.45, 7) is 13.3. The first kappa shape index (κ1) is 17.1. The highest BCUT2D eigenvalue weighted by Crippen LogP contribution is 2.26. The van der Waals surface area contributed by atoms with Gasteiger partial charge >= 0.3 is 0 Å². The summed E-state index contributed by atoms with van der Waals surface area (Å²) >= 11 is 0. The summed E-state index contributed by atoms with van der Waals surface area (Å²) in [5.41, 5.74) is 4.39. The minimum Gasteiger partial charge on any atom is -0.380 e. The summed E-state index contributed by atoms with van der Waals surface area (Å²) in [5, 5.41) is 3.53. The van der Waals surface area contributed by atoms with E-state index < -0.39 is 0 Å². The second kappa shape index (κ2) is 7.01. The summed E-state index contributed by atoms with van der Waals surface area (Å²) in [6, 6.07) is 6.58. The molecule has 1 aromatic rings. The van der Waals surface area contributed by atoms with Crippen LogP contribution >= 0.6 is 0 Å². The van der Waals surface area contributed by atoms with Crippen LogP contribution in [0, 0.1) is 19.3 Å². The first-order chi connectivity index (χ1) is 11.5. The lowest BCUT2D eigenvalue weighted by atomic mass is 9.89. The molecule has 0 bridgehead atoms. The number of guanidine groups is 1. The number of aryl methyl sites for hydroxylation is 1. The maximum atomic E-state index is 5.33. The molecule has 24 heavy (non-hydrogen) atoms. The van der Waals surface area contributed by atoms with Gasteiger partial charge in [0.05, 0.1) is 13.2 Å². The molecule has 2 heterocycles. The molecule has 1 N–H and O–H groups in total. The quantitative estimate of drug-likeness (QED) is 0.680. The zero-order valence-corrected chi connectivity index (χ0v) is 15.4. The van der Waals surface area contributed by atoms with E-state index in [1.54, 1.807) is 0 Å². The van der Waals surface area contributed by atoms with Crippen LogP contribution in [-0.4, -0.2) is 63.8 Å². The number of piperazine rings is 1. The van der Waals surface area contributed by atoms with E-state index in [1.165, 1.54) is 16.8 Å². The molecule has 5 heteroatoms. The summed E-state index contributed by atoms with van der Waals surface area (Å²) in [6.07, 6.45) is 0. The van der Waals surface area contributed by atoms with Gasteiger partial charge in [0, 0.05) is 50.9 Å². The molecule has 0 saturated carbocycles. The highest BCUT2D eigenvalue weighted by atomic mass is 16.5. The Hall–Kier alpha value is -1.75. The number of ether oxygens (including phenoxy) is 1. The topological polar surface area (TPSA) is 40.1 Å². The summed E-state index contributed by atoms with van der Waals surface area (Å²) in [4.78, 5) is 9.33. The van der Waals surface area contributed by atoms with Crippen LogP contribution in [0.5, 0.6) is 0 Å². The molecule has 5 nitrogen and oxygen atoms in total. The lowest BCUT2D eigenvalue weighted by molar-refractivity contribution is -0.0972. The Kier molecular flexibility index (Phi) is 4.99. The summed E-state index contributed by atoms with van der Waals surface area (Å²) < 4.78 is 5.33. The van der Waals surface area contributed by atoms with Crippen molar-refractivity contribution in [2.45, 2.75) is 20.8 Å². The van der Waals surface area contributed by atoms with Crippen molar-refractivity contribution in [3.63, 3.8) is 0 Å². The van der Waals surface area contributed by atoms with Gasteiger partial charge in [0.25, 0.3) is 0 Å². The predicted octanol–water partition coefficient (Wildman–Crippen LogP) is 2.04. The predicted molar refractivity (Wildman–Crippen MR) is 100.0 cm³/mol. The van der Waals surface area contributed by atoms with Gasteiger partial charge in [0.1, 0.15) is 0 Å². The second-order valence-electron chi connectivity index (χ2n) is 7.40. The number of aliphatic imine (C=N–C) groups is 1. The highest BCUT2D eigenvalue weighted by molar-refractivity contribution is 5.80. The van der Waals surface area contributed by atoms with Gasteiger partial charge in [-0.3, -0.25) is 4.99 Å². The Morgan fingerprint density at radius 2 is 1.92 bits per heavy atom. The normalized spacial score (nSPS) is 20.8. The smallest absolute Gasteiger partial charge is 0.193 e.